The molecule has 1 aromatic rings. The smallest absolute Gasteiger partial charge is 0.220 e. The van der Waals surface area contributed by atoms with Gasteiger partial charge in [-0.1, -0.05) is 0 Å². The molecule has 0 saturated heterocycles. The van der Waals surface area contributed by atoms with Crippen molar-refractivity contribution in [3.8, 4) is 0 Å². The summed E-state index contributed by atoms with van der Waals surface area (Å²) in [7, 11) is 0. The number of carbonyl (C=O) groups excluding carboxylic acids is 1. The lowest BCUT2D eigenvalue weighted by Crippen LogP contribution is -2.27. The fourth-order valence-electron chi connectivity index (χ4n) is 1.53. The average molecular weight is 239 g/mol. The molecule has 0 bridgehead atoms. The number of nitrogens with two attached hydrogens (primary N) is 1. The summed E-state index contributed by atoms with van der Waals surface area (Å²) in [6, 6.07) is -0.0406. The van der Waals surface area contributed by atoms with Crippen LogP contribution in [-0.2, 0) is 4.79 Å². The minimum atomic E-state index is -0.188. The van der Waals surface area contributed by atoms with E-state index in [4.69, 9.17) is 10.2 Å². The SMILES string of the molecule is Cc1cnc(C(C)NC(=O)CCCC(C)N)o1. The summed E-state index contributed by atoms with van der Waals surface area (Å²) >= 11 is 0. The van der Waals surface area contributed by atoms with Gasteiger partial charge in [0.25, 0.3) is 0 Å². The first-order valence-corrected chi connectivity index (χ1v) is 5.96. The minimum Gasteiger partial charge on any atom is -0.444 e. The largest absolute Gasteiger partial charge is 0.444 e. The van der Waals surface area contributed by atoms with Crippen LogP contribution in [0.1, 0.15) is 50.8 Å². The van der Waals surface area contributed by atoms with Gasteiger partial charge in [-0.2, -0.15) is 0 Å². The van der Waals surface area contributed by atoms with Crippen molar-refractivity contribution >= 4 is 5.91 Å². The number of aromatic nitrogens is 1. The summed E-state index contributed by atoms with van der Waals surface area (Å²) < 4.78 is 5.34. The number of aryl methyl sites for hydroxylation is 1. The molecule has 2 atom stereocenters. The van der Waals surface area contributed by atoms with Gasteiger partial charge in [-0.15, -0.1) is 0 Å². The molecule has 0 aromatic carbocycles. The Morgan fingerprint density at radius 3 is 2.82 bits per heavy atom. The topological polar surface area (TPSA) is 81.2 Å². The molecule has 0 spiro atoms. The summed E-state index contributed by atoms with van der Waals surface area (Å²) in [5.74, 6) is 1.30. The third-order valence-electron chi connectivity index (χ3n) is 2.45. The second kappa shape index (κ2) is 6.39. The lowest BCUT2D eigenvalue weighted by molar-refractivity contribution is -0.122. The predicted molar refractivity (Wildman–Crippen MR) is 65.3 cm³/mol. The van der Waals surface area contributed by atoms with E-state index in [9.17, 15) is 4.79 Å². The third-order valence-corrected chi connectivity index (χ3v) is 2.45. The molecule has 0 aliphatic heterocycles. The third kappa shape index (κ3) is 4.99. The minimum absolute atomic E-state index is 0.00834. The van der Waals surface area contributed by atoms with Gasteiger partial charge in [0.1, 0.15) is 11.8 Å². The number of oxazole rings is 1. The molecule has 96 valence electrons. The highest BCUT2D eigenvalue weighted by Crippen LogP contribution is 2.12. The summed E-state index contributed by atoms with van der Waals surface area (Å²) in [6.45, 7) is 5.62. The highest BCUT2D eigenvalue weighted by atomic mass is 16.4. The second-order valence-corrected chi connectivity index (χ2v) is 4.47. The van der Waals surface area contributed by atoms with E-state index >= 15 is 0 Å². The highest BCUT2D eigenvalue weighted by molar-refractivity contribution is 5.76. The normalized spacial score (nSPS) is 14.4. The van der Waals surface area contributed by atoms with Gasteiger partial charge in [-0.3, -0.25) is 4.79 Å². The van der Waals surface area contributed by atoms with E-state index < -0.39 is 0 Å². The first-order chi connectivity index (χ1) is 7.99. The van der Waals surface area contributed by atoms with E-state index in [1.807, 2.05) is 20.8 Å². The maximum Gasteiger partial charge on any atom is 0.220 e. The fraction of sp³-hybridized carbons (Fsp3) is 0.667. The maximum absolute atomic E-state index is 11.6. The Morgan fingerprint density at radius 1 is 1.59 bits per heavy atom. The Hall–Kier alpha value is -1.36. The first-order valence-electron chi connectivity index (χ1n) is 5.96. The van der Waals surface area contributed by atoms with Crippen molar-refractivity contribution in [3.63, 3.8) is 0 Å². The molecular weight excluding hydrogens is 218 g/mol. The van der Waals surface area contributed by atoms with Gasteiger partial charge < -0.3 is 15.5 Å². The first kappa shape index (κ1) is 13.7. The van der Waals surface area contributed by atoms with Gasteiger partial charge in [0.2, 0.25) is 11.8 Å². The van der Waals surface area contributed by atoms with Crippen LogP contribution in [0.5, 0.6) is 0 Å². The summed E-state index contributed by atoms with van der Waals surface area (Å²) in [5.41, 5.74) is 5.62. The predicted octanol–water partition coefficient (Wildman–Crippen LogP) is 1.68. The van der Waals surface area contributed by atoms with E-state index in [0.717, 1.165) is 18.6 Å². The Bertz CT molecular complexity index is 360. The zero-order valence-electron chi connectivity index (χ0n) is 10.7. The molecule has 1 heterocycles. The molecule has 0 radical (unpaired) electrons. The molecule has 3 N–H and O–H groups in total. The zero-order chi connectivity index (χ0) is 12.8. The molecule has 1 rings (SSSR count). The Balaban J connectivity index is 2.31. The molecule has 17 heavy (non-hydrogen) atoms. The van der Waals surface area contributed by atoms with Crippen LogP contribution in [-0.4, -0.2) is 16.9 Å². The van der Waals surface area contributed by atoms with Crippen LogP contribution in [0.2, 0.25) is 0 Å². The lowest BCUT2D eigenvalue weighted by Gasteiger charge is -2.10. The molecule has 5 nitrogen and oxygen atoms in total. The molecule has 0 aliphatic carbocycles. The highest BCUT2D eigenvalue weighted by Gasteiger charge is 2.13. The van der Waals surface area contributed by atoms with Crippen LogP contribution in [0.3, 0.4) is 0 Å². The molecule has 0 fully saturated rings. The molecular formula is C12H21N3O2. The number of nitrogens with zero attached hydrogens (tertiary/aromatic N) is 1. The van der Waals surface area contributed by atoms with Crippen LogP contribution >= 0.6 is 0 Å². The van der Waals surface area contributed by atoms with Gasteiger partial charge in [0, 0.05) is 12.5 Å². The van der Waals surface area contributed by atoms with Crippen molar-refractivity contribution in [2.75, 3.05) is 0 Å². The van der Waals surface area contributed by atoms with Crippen molar-refractivity contribution in [1.82, 2.24) is 10.3 Å². The number of nitrogens with one attached hydrogen (secondary N) is 1. The number of hydrogen-bond donors (Lipinski definition) is 2. The van der Waals surface area contributed by atoms with Crippen LogP contribution in [0.4, 0.5) is 0 Å². The molecule has 0 aliphatic rings. The van der Waals surface area contributed by atoms with Crippen molar-refractivity contribution in [1.29, 1.82) is 0 Å². The fourth-order valence-corrected chi connectivity index (χ4v) is 1.53. The van der Waals surface area contributed by atoms with Crippen molar-refractivity contribution < 1.29 is 9.21 Å². The van der Waals surface area contributed by atoms with Crippen molar-refractivity contribution in [3.05, 3.63) is 17.8 Å². The molecule has 2 unspecified atom stereocenters. The number of carbonyl (C=O) groups is 1. The Kier molecular flexibility index (Phi) is 5.15. The lowest BCUT2D eigenvalue weighted by atomic mass is 10.1. The Morgan fingerprint density at radius 2 is 2.29 bits per heavy atom. The van der Waals surface area contributed by atoms with E-state index in [1.165, 1.54) is 0 Å². The quantitative estimate of drug-likeness (QED) is 0.791. The van der Waals surface area contributed by atoms with Gasteiger partial charge in [0.05, 0.1) is 6.20 Å². The van der Waals surface area contributed by atoms with Crippen LogP contribution in [0.15, 0.2) is 10.6 Å². The molecule has 5 heteroatoms. The van der Waals surface area contributed by atoms with E-state index in [0.29, 0.717) is 12.3 Å². The number of amides is 1. The number of hydrogen-bond acceptors (Lipinski definition) is 4. The molecule has 0 saturated carbocycles. The Labute approximate surface area is 102 Å². The average Bonchev–Trinajstić information content (AvgIpc) is 2.64. The van der Waals surface area contributed by atoms with Gasteiger partial charge in [-0.25, -0.2) is 4.98 Å². The zero-order valence-corrected chi connectivity index (χ0v) is 10.7. The maximum atomic E-state index is 11.6. The summed E-state index contributed by atoms with van der Waals surface area (Å²) in [4.78, 5) is 15.7. The second-order valence-electron chi connectivity index (χ2n) is 4.47. The van der Waals surface area contributed by atoms with Gasteiger partial charge in [-0.05, 0) is 33.6 Å². The van der Waals surface area contributed by atoms with E-state index in [-0.39, 0.29) is 18.0 Å². The van der Waals surface area contributed by atoms with Crippen molar-refractivity contribution in [2.45, 2.75) is 52.1 Å². The van der Waals surface area contributed by atoms with Gasteiger partial charge >= 0.3 is 0 Å². The number of rotatable bonds is 6. The summed E-state index contributed by atoms with van der Waals surface area (Å²) in [5, 5.41) is 2.85. The summed E-state index contributed by atoms with van der Waals surface area (Å²) in [6.07, 6.45) is 3.81. The monoisotopic (exact) mass is 239 g/mol. The standard InChI is InChI=1S/C12H21N3O2/c1-8(13)5-4-6-11(16)15-10(3)12-14-7-9(2)17-12/h7-8,10H,4-6,13H2,1-3H3,(H,15,16). The van der Waals surface area contributed by atoms with Crippen LogP contribution in [0, 0.1) is 6.92 Å². The molecule has 1 amide bonds. The van der Waals surface area contributed by atoms with Crippen molar-refractivity contribution in [2.24, 2.45) is 5.73 Å². The van der Waals surface area contributed by atoms with Crippen LogP contribution in [0.25, 0.3) is 0 Å². The van der Waals surface area contributed by atoms with Crippen LogP contribution < -0.4 is 11.1 Å². The van der Waals surface area contributed by atoms with E-state index in [1.54, 1.807) is 6.20 Å². The van der Waals surface area contributed by atoms with Gasteiger partial charge in [0.15, 0.2) is 0 Å². The molecule has 1 aromatic heterocycles. The van der Waals surface area contributed by atoms with E-state index in [2.05, 4.69) is 10.3 Å².